The molecule has 0 bridgehead atoms. The van der Waals surface area contributed by atoms with Crippen molar-refractivity contribution >= 4 is 23.0 Å². The summed E-state index contributed by atoms with van der Waals surface area (Å²) in [6, 6.07) is 11.6. The van der Waals surface area contributed by atoms with Gasteiger partial charge in [0, 0.05) is 32.0 Å². The van der Waals surface area contributed by atoms with Crippen LogP contribution in [0.2, 0.25) is 0 Å². The molecule has 0 aliphatic rings. The second-order valence-electron chi connectivity index (χ2n) is 5.00. The lowest BCUT2D eigenvalue weighted by Gasteiger charge is -2.13. The SMILES string of the molecule is C=CCNC(=O)c1ccc(Nc2ccc(N(C)C)cc2)cn1. The Hall–Kier alpha value is -2.82. The van der Waals surface area contributed by atoms with Crippen molar-refractivity contribution in [2.45, 2.75) is 0 Å². The number of rotatable bonds is 6. The van der Waals surface area contributed by atoms with Gasteiger partial charge in [0.1, 0.15) is 5.69 Å². The van der Waals surface area contributed by atoms with E-state index in [9.17, 15) is 4.79 Å². The van der Waals surface area contributed by atoms with Gasteiger partial charge in [0.2, 0.25) is 0 Å². The zero-order chi connectivity index (χ0) is 15.9. The van der Waals surface area contributed by atoms with Gasteiger partial charge in [0.15, 0.2) is 0 Å². The maximum absolute atomic E-state index is 11.7. The Balaban J connectivity index is 2.01. The molecule has 1 aromatic carbocycles. The number of anilines is 3. The molecule has 2 N–H and O–H groups in total. The molecule has 5 heteroatoms. The summed E-state index contributed by atoms with van der Waals surface area (Å²) in [5, 5.41) is 5.94. The van der Waals surface area contributed by atoms with Crippen LogP contribution in [0.3, 0.4) is 0 Å². The Kier molecular flexibility index (Phi) is 5.14. The first-order valence-corrected chi connectivity index (χ1v) is 6.99. The largest absolute Gasteiger partial charge is 0.378 e. The van der Waals surface area contributed by atoms with Gasteiger partial charge in [-0.25, -0.2) is 4.98 Å². The molecule has 22 heavy (non-hydrogen) atoms. The molecule has 5 nitrogen and oxygen atoms in total. The van der Waals surface area contributed by atoms with Crippen LogP contribution in [0.25, 0.3) is 0 Å². The van der Waals surface area contributed by atoms with Gasteiger partial charge in [-0.1, -0.05) is 6.08 Å². The number of carbonyl (C=O) groups excluding carboxylic acids is 1. The van der Waals surface area contributed by atoms with Gasteiger partial charge in [-0.2, -0.15) is 0 Å². The number of aromatic nitrogens is 1. The molecular weight excluding hydrogens is 276 g/mol. The van der Waals surface area contributed by atoms with E-state index in [0.29, 0.717) is 12.2 Å². The number of amides is 1. The van der Waals surface area contributed by atoms with Crippen molar-refractivity contribution < 1.29 is 4.79 Å². The van der Waals surface area contributed by atoms with Crippen LogP contribution in [0, 0.1) is 0 Å². The van der Waals surface area contributed by atoms with Gasteiger partial charge in [-0.15, -0.1) is 6.58 Å². The second kappa shape index (κ2) is 7.26. The highest BCUT2D eigenvalue weighted by Crippen LogP contribution is 2.19. The summed E-state index contributed by atoms with van der Waals surface area (Å²) < 4.78 is 0. The first-order chi connectivity index (χ1) is 10.6. The van der Waals surface area contributed by atoms with Crippen molar-refractivity contribution in [3.8, 4) is 0 Å². The lowest BCUT2D eigenvalue weighted by Crippen LogP contribution is -2.24. The van der Waals surface area contributed by atoms with E-state index in [1.165, 1.54) is 0 Å². The Morgan fingerprint density at radius 1 is 1.18 bits per heavy atom. The molecule has 0 aliphatic heterocycles. The van der Waals surface area contributed by atoms with Crippen LogP contribution < -0.4 is 15.5 Å². The average molecular weight is 296 g/mol. The Bertz CT molecular complexity index is 633. The minimum atomic E-state index is -0.207. The van der Waals surface area contributed by atoms with Crippen LogP contribution in [0.1, 0.15) is 10.5 Å². The summed E-state index contributed by atoms with van der Waals surface area (Å²) in [6.45, 7) is 3.99. The van der Waals surface area contributed by atoms with Crippen molar-refractivity contribution in [2.24, 2.45) is 0 Å². The van der Waals surface area contributed by atoms with Crippen LogP contribution in [-0.4, -0.2) is 31.5 Å². The zero-order valence-corrected chi connectivity index (χ0v) is 12.8. The highest BCUT2D eigenvalue weighted by atomic mass is 16.1. The summed E-state index contributed by atoms with van der Waals surface area (Å²) in [7, 11) is 4.00. The molecule has 0 saturated carbocycles. The molecule has 0 atom stereocenters. The standard InChI is InChI=1S/C17H20N4O/c1-4-11-18-17(22)16-10-7-14(12-19-16)20-13-5-8-15(9-6-13)21(2)3/h4-10,12,20H,1,11H2,2-3H3,(H,18,22). The monoisotopic (exact) mass is 296 g/mol. The minimum Gasteiger partial charge on any atom is -0.378 e. The van der Waals surface area contributed by atoms with E-state index in [1.807, 2.05) is 49.3 Å². The van der Waals surface area contributed by atoms with E-state index in [4.69, 9.17) is 0 Å². The van der Waals surface area contributed by atoms with Gasteiger partial charge < -0.3 is 15.5 Å². The molecule has 0 spiro atoms. The number of benzene rings is 1. The Morgan fingerprint density at radius 3 is 2.41 bits per heavy atom. The molecule has 0 radical (unpaired) electrons. The quantitative estimate of drug-likeness (QED) is 0.805. The van der Waals surface area contributed by atoms with Crippen LogP contribution in [-0.2, 0) is 0 Å². The topological polar surface area (TPSA) is 57.3 Å². The summed E-state index contributed by atoms with van der Waals surface area (Å²) in [6.07, 6.45) is 3.27. The minimum absolute atomic E-state index is 0.207. The van der Waals surface area contributed by atoms with Crippen molar-refractivity contribution in [1.82, 2.24) is 10.3 Å². The molecule has 0 unspecified atom stereocenters. The van der Waals surface area contributed by atoms with Gasteiger partial charge in [0.05, 0.1) is 11.9 Å². The third-order valence-corrected chi connectivity index (χ3v) is 3.08. The summed E-state index contributed by atoms with van der Waals surface area (Å²) >= 11 is 0. The van der Waals surface area contributed by atoms with Crippen LogP contribution >= 0.6 is 0 Å². The zero-order valence-electron chi connectivity index (χ0n) is 12.8. The number of pyridine rings is 1. The van der Waals surface area contributed by atoms with Gasteiger partial charge >= 0.3 is 0 Å². The smallest absolute Gasteiger partial charge is 0.270 e. The fraction of sp³-hybridized carbons (Fsp3) is 0.176. The van der Waals surface area contributed by atoms with E-state index in [0.717, 1.165) is 17.1 Å². The Morgan fingerprint density at radius 2 is 1.86 bits per heavy atom. The average Bonchev–Trinajstić information content (AvgIpc) is 2.54. The normalized spacial score (nSPS) is 9.91. The number of hydrogen-bond acceptors (Lipinski definition) is 4. The molecule has 0 fully saturated rings. The Labute approximate surface area is 130 Å². The molecule has 1 heterocycles. The molecule has 114 valence electrons. The molecule has 1 amide bonds. The molecule has 2 rings (SSSR count). The fourth-order valence-electron chi connectivity index (χ4n) is 1.87. The number of nitrogens with zero attached hydrogens (tertiary/aromatic N) is 2. The summed E-state index contributed by atoms with van der Waals surface area (Å²) in [4.78, 5) is 17.9. The predicted octanol–water partition coefficient (Wildman–Crippen LogP) is 2.81. The van der Waals surface area contributed by atoms with Crippen molar-refractivity contribution in [3.63, 3.8) is 0 Å². The fourth-order valence-corrected chi connectivity index (χ4v) is 1.87. The molecule has 0 aliphatic carbocycles. The lowest BCUT2D eigenvalue weighted by molar-refractivity contribution is 0.0953. The maximum atomic E-state index is 11.7. The highest BCUT2D eigenvalue weighted by Gasteiger charge is 2.05. The predicted molar refractivity (Wildman–Crippen MR) is 90.8 cm³/mol. The van der Waals surface area contributed by atoms with Crippen molar-refractivity contribution in [1.29, 1.82) is 0 Å². The molecule has 1 aromatic heterocycles. The van der Waals surface area contributed by atoms with E-state index in [1.54, 1.807) is 18.3 Å². The molecule has 0 saturated heterocycles. The number of hydrogen-bond donors (Lipinski definition) is 2. The lowest BCUT2D eigenvalue weighted by atomic mass is 10.2. The van der Waals surface area contributed by atoms with Crippen LogP contribution in [0.4, 0.5) is 17.1 Å². The first-order valence-electron chi connectivity index (χ1n) is 6.99. The molecule has 2 aromatic rings. The number of carbonyl (C=O) groups is 1. The van der Waals surface area contributed by atoms with E-state index >= 15 is 0 Å². The van der Waals surface area contributed by atoms with Gasteiger partial charge in [-0.05, 0) is 36.4 Å². The van der Waals surface area contributed by atoms with Crippen LogP contribution in [0.5, 0.6) is 0 Å². The van der Waals surface area contributed by atoms with Crippen molar-refractivity contribution in [3.05, 3.63) is 60.9 Å². The number of nitrogens with one attached hydrogen (secondary N) is 2. The van der Waals surface area contributed by atoms with E-state index < -0.39 is 0 Å². The van der Waals surface area contributed by atoms with E-state index in [-0.39, 0.29) is 5.91 Å². The third kappa shape index (κ3) is 4.09. The third-order valence-electron chi connectivity index (χ3n) is 3.08. The summed E-state index contributed by atoms with van der Waals surface area (Å²) in [5.74, 6) is -0.207. The van der Waals surface area contributed by atoms with E-state index in [2.05, 4.69) is 22.2 Å². The maximum Gasteiger partial charge on any atom is 0.270 e. The summed E-state index contributed by atoms with van der Waals surface area (Å²) in [5.41, 5.74) is 3.32. The van der Waals surface area contributed by atoms with Crippen LogP contribution in [0.15, 0.2) is 55.3 Å². The first kappa shape index (κ1) is 15.6. The second-order valence-corrected chi connectivity index (χ2v) is 5.00. The molecular formula is C17H20N4O. The highest BCUT2D eigenvalue weighted by molar-refractivity contribution is 5.92. The van der Waals surface area contributed by atoms with Crippen molar-refractivity contribution in [2.75, 3.05) is 30.9 Å². The van der Waals surface area contributed by atoms with Gasteiger partial charge in [0.25, 0.3) is 5.91 Å². The van der Waals surface area contributed by atoms with Gasteiger partial charge in [-0.3, -0.25) is 4.79 Å².